The van der Waals surface area contributed by atoms with Gasteiger partial charge in [0.05, 0.1) is 11.7 Å². The normalized spacial score (nSPS) is 19.1. The van der Waals surface area contributed by atoms with E-state index < -0.39 is 0 Å². The van der Waals surface area contributed by atoms with Crippen molar-refractivity contribution in [2.45, 2.75) is 25.9 Å². The molecule has 6 heteroatoms. The highest BCUT2D eigenvalue weighted by atomic mass is 35.5. The van der Waals surface area contributed by atoms with Crippen LogP contribution in [0, 0.1) is 5.92 Å². The zero-order valence-electron chi connectivity index (χ0n) is 15.6. The standard InChI is InChI=1S/C21H25ClN2O2.ClH/c1-14(2)26-20-9-8-17(22)10-18(20)21(25)24-12-16(11-23)19(13-24)15-6-4-3-5-7-15;/h3-10,14,16,19H,11-13,23H2,1-2H3;1H/t16-,19+;/m1./s1. The predicted octanol–water partition coefficient (Wildman–Crippen LogP) is 4.36. The molecular weight excluding hydrogens is 383 g/mol. The molecule has 0 bridgehead atoms. The van der Waals surface area contributed by atoms with Crippen LogP contribution in [0.2, 0.25) is 5.02 Å². The van der Waals surface area contributed by atoms with Gasteiger partial charge in [0.15, 0.2) is 0 Å². The topological polar surface area (TPSA) is 55.6 Å². The Balaban J connectivity index is 0.00000261. The summed E-state index contributed by atoms with van der Waals surface area (Å²) < 4.78 is 5.81. The molecule has 2 aromatic carbocycles. The van der Waals surface area contributed by atoms with Gasteiger partial charge in [-0.15, -0.1) is 12.4 Å². The van der Waals surface area contributed by atoms with Crippen LogP contribution in [0.1, 0.15) is 35.7 Å². The first kappa shape index (κ1) is 21.5. The molecule has 0 unspecified atom stereocenters. The van der Waals surface area contributed by atoms with Gasteiger partial charge in [0.25, 0.3) is 5.91 Å². The van der Waals surface area contributed by atoms with E-state index in [0.717, 1.165) is 0 Å². The molecule has 1 amide bonds. The van der Waals surface area contributed by atoms with E-state index in [-0.39, 0.29) is 36.3 Å². The molecule has 0 radical (unpaired) electrons. The van der Waals surface area contributed by atoms with Crippen molar-refractivity contribution in [2.75, 3.05) is 19.6 Å². The SMILES string of the molecule is CC(C)Oc1ccc(Cl)cc1C(=O)N1C[C@@H](CN)[C@H](c2ccccc2)C1.Cl. The minimum absolute atomic E-state index is 0. The van der Waals surface area contributed by atoms with Crippen molar-refractivity contribution in [1.29, 1.82) is 0 Å². The van der Waals surface area contributed by atoms with Crippen LogP contribution in [0.25, 0.3) is 0 Å². The highest BCUT2D eigenvalue weighted by molar-refractivity contribution is 6.31. The Kier molecular flexibility index (Phi) is 7.54. The molecule has 3 rings (SSSR count). The third kappa shape index (κ3) is 4.95. The number of likely N-dealkylation sites (tertiary alicyclic amines) is 1. The molecule has 1 heterocycles. The lowest BCUT2D eigenvalue weighted by Crippen LogP contribution is -2.30. The fourth-order valence-electron chi connectivity index (χ4n) is 3.55. The van der Waals surface area contributed by atoms with Crippen LogP contribution in [-0.2, 0) is 0 Å². The summed E-state index contributed by atoms with van der Waals surface area (Å²) in [6, 6.07) is 15.5. The average molecular weight is 409 g/mol. The van der Waals surface area contributed by atoms with Gasteiger partial charge in [0, 0.05) is 24.0 Å². The van der Waals surface area contributed by atoms with Gasteiger partial charge in [0.1, 0.15) is 5.75 Å². The van der Waals surface area contributed by atoms with Gasteiger partial charge >= 0.3 is 0 Å². The summed E-state index contributed by atoms with van der Waals surface area (Å²) in [6.45, 7) is 5.72. The summed E-state index contributed by atoms with van der Waals surface area (Å²) in [5.41, 5.74) is 7.73. The van der Waals surface area contributed by atoms with Crippen LogP contribution in [0.15, 0.2) is 48.5 Å². The van der Waals surface area contributed by atoms with Gasteiger partial charge in [-0.05, 0) is 50.1 Å². The van der Waals surface area contributed by atoms with Crippen LogP contribution >= 0.6 is 24.0 Å². The van der Waals surface area contributed by atoms with Gasteiger partial charge < -0.3 is 15.4 Å². The van der Waals surface area contributed by atoms with E-state index in [2.05, 4.69) is 12.1 Å². The maximum atomic E-state index is 13.2. The Bertz CT molecular complexity index is 768. The van der Waals surface area contributed by atoms with E-state index in [0.29, 0.717) is 36.0 Å². The molecular formula is C21H26Cl2N2O2. The summed E-state index contributed by atoms with van der Waals surface area (Å²) in [5, 5.41) is 0.527. The second-order valence-corrected chi connectivity index (χ2v) is 7.47. The Morgan fingerprint density at radius 3 is 2.56 bits per heavy atom. The molecule has 0 aromatic heterocycles. The number of carbonyl (C=O) groups excluding carboxylic acids is 1. The minimum atomic E-state index is -0.0555. The van der Waals surface area contributed by atoms with Crippen molar-refractivity contribution in [3.05, 3.63) is 64.7 Å². The Morgan fingerprint density at radius 2 is 1.93 bits per heavy atom. The Hall–Kier alpha value is -1.75. The largest absolute Gasteiger partial charge is 0.490 e. The fraction of sp³-hybridized carbons (Fsp3) is 0.381. The van der Waals surface area contributed by atoms with Crippen LogP contribution in [0.3, 0.4) is 0 Å². The number of benzene rings is 2. The number of rotatable bonds is 5. The Labute approximate surface area is 172 Å². The molecule has 0 spiro atoms. The van der Waals surface area contributed by atoms with E-state index in [4.69, 9.17) is 22.1 Å². The number of amides is 1. The monoisotopic (exact) mass is 408 g/mol. The van der Waals surface area contributed by atoms with Crippen molar-refractivity contribution in [2.24, 2.45) is 11.7 Å². The van der Waals surface area contributed by atoms with Crippen LogP contribution in [-0.4, -0.2) is 36.5 Å². The molecule has 4 nitrogen and oxygen atoms in total. The van der Waals surface area contributed by atoms with Crippen molar-refractivity contribution >= 4 is 29.9 Å². The smallest absolute Gasteiger partial charge is 0.257 e. The number of halogens is 2. The quantitative estimate of drug-likeness (QED) is 0.798. The molecule has 1 aliphatic heterocycles. The Morgan fingerprint density at radius 1 is 1.22 bits per heavy atom. The lowest BCUT2D eigenvalue weighted by Gasteiger charge is -2.20. The molecule has 0 saturated carbocycles. The summed E-state index contributed by atoms with van der Waals surface area (Å²) >= 11 is 6.14. The summed E-state index contributed by atoms with van der Waals surface area (Å²) in [6.07, 6.45) is -0.0184. The molecule has 1 aliphatic rings. The lowest BCUT2D eigenvalue weighted by atomic mass is 9.89. The van der Waals surface area contributed by atoms with Gasteiger partial charge in [-0.1, -0.05) is 41.9 Å². The molecule has 2 N–H and O–H groups in total. The molecule has 1 fully saturated rings. The van der Waals surface area contributed by atoms with Crippen LogP contribution in [0.5, 0.6) is 5.75 Å². The van der Waals surface area contributed by atoms with Crippen molar-refractivity contribution in [3.8, 4) is 5.75 Å². The van der Waals surface area contributed by atoms with E-state index >= 15 is 0 Å². The predicted molar refractivity (Wildman–Crippen MR) is 112 cm³/mol. The third-order valence-electron chi connectivity index (χ3n) is 4.79. The van der Waals surface area contributed by atoms with Crippen molar-refractivity contribution in [3.63, 3.8) is 0 Å². The zero-order chi connectivity index (χ0) is 18.7. The minimum Gasteiger partial charge on any atom is -0.490 e. The summed E-state index contributed by atoms with van der Waals surface area (Å²) in [4.78, 5) is 15.1. The van der Waals surface area contributed by atoms with Crippen molar-refractivity contribution in [1.82, 2.24) is 4.90 Å². The first-order valence-electron chi connectivity index (χ1n) is 9.00. The maximum Gasteiger partial charge on any atom is 0.257 e. The zero-order valence-corrected chi connectivity index (χ0v) is 17.2. The summed E-state index contributed by atoms with van der Waals surface area (Å²) in [7, 11) is 0. The second-order valence-electron chi connectivity index (χ2n) is 7.03. The van der Waals surface area contributed by atoms with Gasteiger partial charge in [-0.2, -0.15) is 0 Å². The number of hydrogen-bond donors (Lipinski definition) is 1. The van der Waals surface area contributed by atoms with Gasteiger partial charge in [-0.25, -0.2) is 0 Å². The van der Waals surface area contributed by atoms with E-state index in [9.17, 15) is 4.79 Å². The summed E-state index contributed by atoms with van der Waals surface area (Å²) in [5.74, 6) is 1.01. The number of carbonyl (C=O) groups is 1. The second kappa shape index (κ2) is 9.45. The van der Waals surface area contributed by atoms with Gasteiger partial charge in [0.2, 0.25) is 0 Å². The number of nitrogens with zero attached hydrogens (tertiary/aromatic N) is 1. The van der Waals surface area contributed by atoms with Gasteiger partial charge in [-0.3, -0.25) is 4.79 Å². The van der Waals surface area contributed by atoms with Crippen LogP contribution < -0.4 is 10.5 Å². The van der Waals surface area contributed by atoms with E-state index in [1.54, 1.807) is 18.2 Å². The fourth-order valence-corrected chi connectivity index (χ4v) is 3.72. The first-order chi connectivity index (χ1) is 12.5. The van der Waals surface area contributed by atoms with Crippen LogP contribution in [0.4, 0.5) is 0 Å². The molecule has 2 atom stereocenters. The number of ether oxygens (including phenoxy) is 1. The average Bonchev–Trinajstić information content (AvgIpc) is 3.07. The van der Waals surface area contributed by atoms with E-state index in [1.165, 1.54) is 5.56 Å². The molecule has 146 valence electrons. The molecule has 2 aromatic rings. The molecule has 1 saturated heterocycles. The molecule has 0 aliphatic carbocycles. The third-order valence-corrected chi connectivity index (χ3v) is 5.03. The van der Waals surface area contributed by atoms with E-state index in [1.807, 2.05) is 36.9 Å². The first-order valence-corrected chi connectivity index (χ1v) is 9.38. The highest BCUT2D eigenvalue weighted by Crippen LogP contribution is 2.34. The maximum absolute atomic E-state index is 13.2. The molecule has 27 heavy (non-hydrogen) atoms. The highest BCUT2D eigenvalue weighted by Gasteiger charge is 2.36. The lowest BCUT2D eigenvalue weighted by molar-refractivity contribution is 0.0780. The van der Waals surface area contributed by atoms with Crippen molar-refractivity contribution < 1.29 is 9.53 Å². The number of hydrogen-bond acceptors (Lipinski definition) is 3. The number of nitrogens with two attached hydrogens (primary N) is 1.